The van der Waals surface area contributed by atoms with Gasteiger partial charge in [-0.15, -0.1) is 0 Å². The Balaban J connectivity index is 1.48. The second kappa shape index (κ2) is 9.03. The lowest BCUT2D eigenvalue weighted by Gasteiger charge is -2.37. The van der Waals surface area contributed by atoms with Gasteiger partial charge in [0.15, 0.2) is 6.29 Å². The highest BCUT2D eigenvalue weighted by Gasteiger charge is 2.41. The molecule has 3 heterocycles. The molecular weight excluding hydrogens is 346 g/mol. The third-order valence-corrected chi connectivity index (χ3v) is 5.47. The number of allylic oxidation sites excluding steroid dienone is 1. The maximum atomic E-state index is 12.5. The van der Waals surface area contributed by atoms with Gasteiger partial charge < -0.3 is 20.5 Å². The maximum absolute atomic E-state index is 12.5. The van der Waals surface area contributed by atoms with E-state index in [4.69, 9.17) is 15.2 Å². The molecule has 0 saturated carbocycles. The summed E-state index contributed by atoms with van der Waals surface area (Å²) in [5.74, 6) is 0. The van der Waals surface area contributed by atoms with Gasteiger partial charge in [0.2, 0.25) is 0 Å². The fraction of sp³-hybridized carbons (Fsp3) is 0.789. The van der Waals surface area contributed by atoms with E-state index in [1.54, 1.807) is 4.90 Å². The Morgan fingerprint density at radius 3 is 2.74 bits per heavy atom. The van der Waals surface area contributed by atoms with Crippen molar-refractivity contribution in [3.63, 3.8) is 0 Å². The van der Waals surface area contributed by atoms with Crippen LogP contribution in [0.1, 0.15) is 40.0 Å². The minimum atomic E-state index is -0.289. The third-order valence-electron chi connectivity index (χ3n) is 5.47. The Morgan fingerprint density at radius 1 is 1.37 bits per heavy atom. The predicted molar refractivity (Wildman–Crippen MR) is 104 cm³/mol. The number of rotatable bonds is 5. The first kappa shape index (κ1) is 20.1. The number of likely N-dealkylation sites (tertiary alicyclic amines) is 2. The number of hydrogen-bond donors (Lipinski definition) is 2. The number of piperidine rings is 1. The maximum Gasteiger partial charge on any atom is 0.410 e. The van der Waals surface area contributed by atoms with Gasteiger partial charge in [0.05, 0.1) is 24.9 Å². The van der Waals surface area contributed by atoms with Gasteiger partial charge in [0.1, 0.15) is 0 Å². The van der Waals surface area contributed by atoms with Crippen LogP contribution >= 0.6 is 0 Å². The van der Waals surface area contributed by atoms with Crippen molar-refractivity contribution < 1.29 is 14.3 Å². The van der Waals surface area contributed by atoms with E-state index in [2.05, 4.69) is 15.2 Å². The zero-order chi connectivity index (χ0) is 19.4. The number of nitrogens with two attached hydrogens (primary N) is 1. The van der Waals surface area contributed by atoms with Crippen molar-refractivity contribution in [2.24, 2.45) is 10.7 Å². The first-order chi connectivity index (χ1) is 13.0. The van der Waals surface area contributed by atoms with Crippen LogP contribution in [0.3, 0.4) is 0 Å². The van der Waals surface area contributed by atoms with Crippen molar-refractivity contribution in [1.29, 1.82) is 0 Å². The lowest BCUT2D eigenvalue weighted by atomic mass is 10.1. The van der Waals surface area contributed by atoms with Gasteiger partial charge in [-0.2, -0.15) is 0 Å². The topological polar surface area (TPSA) is 92.4 Å². The molecule has 2 saturated heterocycles. The summed E-state index contributed by atoms with van der Waals surface area (Å²) in [4.78, 5) is 21.0. The molecule has 1 unspecified atom stereocenters. The minimum absolute atomic E-state index is 0.0290. The minimum Gasteiger partial charge on any atom is -0.447 e. The van der Waals surface area contributed by atoms with E-state index in [9.17, 15) is 4.79 Å². The van der Waals surface area contributed by atoms with Crippen LogP contribution in [0.15, 0.2) is 17.3 Å². The third kappa shape index (κ3) is 5.00. The molecule has 0 aliphatic carbocycles. The van der Waals surface area contributed by atoms with Gasteiger partial charge in [-0.3, -0.25) is 14.8 Å². The van der Waals surface area contributed by atoms with E-state index in [1.165, 1.54) is 0 Å². The SMILES string of the molecule is CC(C)OC(=O)N1[C@H](C)C[C@H](N)[C@@H]1COC1CCN(C2N=CC=CN2)CC1. The molecule has 3 rings (SSSR count). The molecule has 0 radical (unpaired) electrons. The van der Waals surface area contributed by atoms with Crippen LogP contribution in [0.5, 0.6) is 0 Å². The summed E-state index contributed by atoms with van der Waals surface area (Å²) in [7, 11) is 0. The van der Waals surface area contributed by atoms with E-state index in [0.29, 0.717) is 6.61 Å². The second-order valence-electron chi connectivity index (χ2n) is 7.92. The average Bonchev–Trinajstić information content (AvgIpc) is 2.94. The molecule has 2 fully saturated rings. The Bertz CT molecular complexity index is 560. The molecule has 4 atom stereocenters. The fourth-order valence-electron chi connectivity index (χ4n) is 4.06. The normalized spacial score (nSPS) is 32.1. The van der Waals surface area contributed by atoms with Crippen LogP contribution in [-0.4, -0.2) is 78.4 Å². The summed E-state index contributed by atoms with van der Waals surface area (Å²) < 4.78 is 11.6. The largest absolute Gasteiger partial charge is 0.447 e. The van der Waals surface area contributed by atoms with Crippen LogP contribution in [0, 0.1) is 0 Å². The van der Waals surface area contributed by atoms with Crippen molar-refractivity contribution >= 4 is 12.3 Å². The monoisotopic (exact) mass is 379 g/mol. The zero-order valence-electron chi connectivity index (χ0n) is 16.6. The van der Waals surface area contributed by atoms with Crippen LogP contribution in [0.25, 0.3) is 0 Å². The van der Waals surface area contributed by atoms with Crippen LogP contribution in [0.2, 0.25) is 0 Å². The van der Waals surface area contributed by atoms with Crippen LogP contribution in [0.4, 0.5) is 4.79 Å². The van der Waals surface area contributed by atoms with Gasteiger partial charge in [0.25, 0.3) is 0 Å². The average molecular weight is 380 g/mol. The summed E-state index contributed by atoms with van der Waals surface area (Å²) in [6.45, 7) is 8.06. The van der Waals surface area contributed by atoms with E-state index in [1.807, 2.05) is 39.3 Å². The van der Waals surface area contributed by atoms with E-state index in [0.717, 1.165) is 32.4 Å². The van der Waals surface area contributed by atoms with Crippen molar-refractivity contribution in [2.75, 3.05) is 19.7 Å². The summed E-state index contributed by atoms with van der Waals surface area (Å²) in [5.41, 5.74) is 6.30. The van der Waals surface area contributed by atoms with Gasteiger partial charge in [-0.25, -0.2) is 4.79 Å². The number of ether oxygens (including phenoxy) is 2. The first-order valence-electron chi connectivity index (χ1n) is 10.00. The number of carbonyl (C=O) groups is 1. The van der Waals surface area contributed by atoms with E-state index in [-0.39, 0.29) is 42.7 Å². The molecule has 0 bridgehead atoms. The summed E-state index contributed by atoms with van der Waals surface area (Å²) in [5, 5.41) is 3.26. The summed E-state index contributed by atoms with van der Waals surface area (Å²) in [6.07, 6.45) is 8.12. The highest BCUT2D eigenvalue weighted by Crippen LogP contribution is 2.26. The molecule has 3 N–H and O–H groups in total. The van der Waals surface area contributed by atoms with Crippen molar-refractivity contribution in [1.82, 2.24) is 15.1 Å². The quantitative estimate of drug-likeness (QED) is 0.747. The molecule has 0 aromatic carbocycles. The number of aliphatic imine (C=N–C) groups is 1. The molecule has 0 spiro atoms. The highest BCUT2D eigenvalue weighted by molar-refractivity contribution is 5.71. The number of nitrogens with one attached hydrogen (secondary N) is 1. The molecule has 8 nitrogen and oxygen atoms in total. The number of amides is 1. The zero-order valence-corrected chi connectivity index (χ0v) is 16.6. The van der Waals surface area contributed by atoms with Gasteiger partial charge in [-0.05, 0) is 46.1 Å². The summed E-state index contributed by atoms with van der Waals surface area (Å²) in [6, 6.07) is -0.128. The molecule has 152 valence electrons. The Kier molecular flexibility index (Phi) is 6.73. The van der Waals surface area contributed by atoms with Crippen molar-refractivity contribution in [3.05, 3.63) is 12.3 Å². The molecule has 27 heavy (non-hydrogen) atoms. The number of hydrogen-bond acceptors (Lipinski definition) is 7. The lowest BCUT2D eigenvalue weighted by molar-refractivity contribution is -0.0285. The molecule has 1 amide bonds. The van der Waals surface area contributed by atoms with E-state index >= 15 is 0 Å². The Labute approximate surface area is 161 Å². The smallest absolute Gasteiger partial charge is 0.410 e. The van der Waals surface area contributed by atoms with Gasteiger partial charge in [0, 0.05) is 37.6 Å². The van der Waals surface area contributed by atoms with Crippen molar-refractivity contribution in [2.45, 2.75) is 76.7 Å². The molecule has 0 aromatic heterocycles. The van der Waals surface area contributed by atoms with Crippen LogP contribution < -0.4 is 11.1 Å². The molecule has 3 aliphatic heterocycles. The van der Waals surface area contributed by atoms with E-state index < -0.39 is 0 Å². The Hall–Kier alpha value is -1.64. The van der Waals surface area contributed by atoms with Gasteiger partial charge in [-0.1, -0.05) is 0 Å². The van der Waals surface area contributed by atoms with Crippen LogP contribution in [-0.2, 0) is 9.47 Å². The highest BCUT2D eigenvalue weighted by atomic mass is 16.6. The summed E-state index contributed by atoms with van der Waals surface area (Å²) >= 11 is 0. The lowest BCUT2D eigenvalue weighted by Crippen LogP contribution is -2.50. The molecule has 0 aromatic rings. The van der Waals surface area contributed by atoms with Crippen molar-refractivity contribution in [3.8, 4) is 0 Å². The van der Waals surface area contributed by atoms with Gasteiger partial charge >= 0.3 is 6.09 Å². The number of carbonyl (C=O) groups excluding carboxylic acids is 1. The fourth-order valence-corrected chi connectivity index (χ4v) is 4.06. The first-order valence-corrected chi connectivity index (χ1v) is 10.00. The molecule has 8 heteroatoms. The second-order valence-corrected chi connectivity index (χ2v) is 7.92. The Morgan fingerprint density at radius 2 is 2.11 bits per heavy atom. The molecular formula is C19H33N5O3. The standard InChI is InChI=1S/C19H33N5O3/c1-13(2)27-19(25)24-14(3)11-16(20)17(24)12-26-15-5-9-23(10-6-15)18-21-7-4-8-22-18/h4,7-8,13-18,21H,5-6,9-12,20H2,1-3H3/t14-,16+,17+,18?/m1/s1. The predicted octanol–water partition coefficient (Wildman–Crippen LogP) is 1.27. The number of nitrogens with zero attached hydrogens (tertiary/aromatic N) is 3. The molecule has 3 aliphatic rings.